The Hall–Kier alpha value is -7.82. The number of rotatable bonds is 6. The minimum Gasteiger partial charge on any atom is -0.455 e. The number of fused-ring (bicyclic) bond motifs is 8. The fourth-order valence-electron chi connectivity index (χ4n) is 9.56. The molecule has 0 radical (unpaired) electrons. The largest absolute Gasteiger partial charge is 0.455 e. The van der Waals surface area contributed by atoms with Crippen LogP contribution in [0, 0.1) is 0 Å². The molecule has 61 heavy (non-hydrogen) atoms. The summed E-state index contributed by atoms with van der Waals surface area (Å²) >= 11 is 0. The summed E-state index contributed by atoms with van der Waals surface area (Å²) in [5.74, 6) is 0.596. The van der Waals surface area contributed by atoms with Crippen LogP contribution < -0.4 is 4.90 Å². The van der Waals surface area contributed by atoms with Gasteiger partial charge in [-0.15, -0.1) is 0 Å². The standard InChI is InChI=1S/C57H39N3O/c1-57(2)50-23-13-11-21-44(50)45-30-29-43(35-51(45)57)60(42-27-25-37(26-28-42)36-15-5-3-6-16-36)56-58-52-24-14-12-22-46(52)54(59-56)41-32-47(38-17-7-4-8-18-38)55-49(33-41)48-31-39-19-9-10-20-40(39)34-53(48)61-55/h3-35H,1-2H3. The number of hydrogen-bond acceptors (Lipinski definition) is 4. The molecule has 1 aliphatic carbocycles. The second-order valence-corrected chi connectivity index (χ2v) is 16.6. The summed E-state index contributed by atoms with van der Waals surface area (Å²) in [6, 6.07) is 71.2. The van der Waals surface area contributed by atoms with E-state index in [2.05, 4.69) is 219 Å². The third-order valence-electron chi connectivity index (χ3n) is 12.6. The second kappa shape index (κ2) is 13.6. The maximum absolute atomic E-state index is 6.78. The zero-order valence-electron chi connectivity index (χ0n) is 33.8. The van der Waals surface area contributed by atoms with Crippen molar-refractivity contribution in [3.05, 3.63) is 211 Å². The van der Waals surface area contributed by atoms with Gasteiger partial charge in [-0.3, -0.25) is 4.90 Å². The van der Waals surface area contributed by atoms with E-state index in [0.717, 1.165) is 77.6 Å². The summed E-state index contributed by atoms with van der Waals surface area (Å²) in [7, 11) is 0. The van der Waals surface area contributed by atoms with Crippen molar-refractivity contribution in [3.63, 3.8) is 0 Å². The molecule has 11 aromatic rings. The molecule has 0 bridgehead atoms. The highest BCUT2D eigenvalue weighted by Gasteiger charge is 2.36. The van der Waals surface area contributed by atoms with Crippen molar-refractivity contribution >= 4 is 60.9 Å². The van der Waals surface area contributed by atoms with Crippen LogP contribution >= 0.6 is 0 Å². The Morgan fingerprint density at radius 2 is 1.07 bits per heavy atom. The fraction of sp³-hybridized carbons (Fsp3) is 0.0526. The Kier molecular flexibility index (Phi) is 7.85. The first-order valence-electron chi connectivity index (χ1n) is 20.9. The Morgan fingerprint density at radius 1 is 0.426 bits per heavy atom. The molecule has 4 heteroatoms. The molecule has 0 fully saturated rings. The molecule has 288 valence electrons. The van der Waals surface area contributed by atoms with E-state index in [4.69, 9.17) is 14.4 Å². The zero-order chi connectivity index (χ0) is 40.7. The lowest BCUT2D eigenvalue weighted by Crippen LogP contribution is -2.17. The van der Waals surface area contributed by atoms with Crippen molar-refractivity contribution in [2.45, 2.75) is 19.3 Å². The number of anilines is 3. The van der Waals surface area contributed by atoms with Gasteiger partial charge in [0.15, 0.2) is 0 Å². The third-order valence-corrected chi connectivity index (χ3v) is 12.6. The number of hydrogen-bond donors (Lipinski definition) is 0. The summed E-state index contributed by atoms with van der Waals surface area (Å²) < 4.78 is 6.78. The lowest BCUT2D eigenvalue weighted by Gasteiger charge is -2.27. The normalized spacial score (nSPS) is 12.9. The smallest absolute Gasteiger partial charge is 0.235 e. The molecule has 9 aromatic carbocycles. The monoisotopic (exact) mass is 781 g/mol. The van der Waals surface area contributed by atoms with E-state index in [-0.39, 0.29) is 5.41 Å². The van der Waals surface area contributed by atoms with Gasteiger partial charge in [0, 0.05) is 44.1 Å². The maximum Gasteiger partial charge on any atom is 0.235 e. The molecule has 0 saturated heterocycles. The van der Waals surface area contributed by atoms with E-state index >= 15 is 0 Å². The van der Waals surface area contributed by atoms with Crippen LogP contribution in [0.4, 0.5) is 17.3 Å². The number of furan rings is 1. The molecular weight excluding hydrogens is 743 g/mol. The maximum atomic E-state index is 6.78. The Morgan fingerprint density at radius 3 is 1.87 bits per heavy atom. The predicted molar refractivity (Wildman–Crippen MR) is 253 cm³/mol. The fourth-order valence-corrected chi connectivity index (χ4v) is 9.56. The van der Waals surface area contributed by atoms with Gasteiger partial charge in [-0.2, -0.15) is 0 Å². The first-order valence-corrected chi connectivity index (χ1v) is 20.9. The van der Waals surface area contributed by atoms with Crippen LogP contribution in [-0.2, 0) is 5.41 Å². The van der Waals surface area contributed by atoms with E-state index in [0.29, 0.717) is 5.95 Å². The van der Waals surface area contributed by atoms with E-state index < -0.39 is 0 Å². The molecular formula is C57H39N3O. The molecule has 0 amide bonds. The quantitative estimate of drug-likeness (QED) is 0.168. The number of para-hydroxylation sites is 1. The van der Waals surface area contributed by atoms with Gasteiger partial charge < -0.3 is 4.42 Å². The predicted octanol–water partition coefficient (Wildman–Crippen LogP) is 15.5. The van der Waals surface area contributed by atoms with Crippen molar-refractivity contribution in [2.24, 2.45) is 0 Å². The first-order chi connectivity index (χ1) is 30.0. The highest BCUT2D eigenvalue weighted by atomic mass is 16.3. The first kappa shape index (κ1) is 35.2. The number of aromatic nitrogens is 2. The zero-order valence-corrected chi connectivity index (χ0v) is 33.8. The molecule has 4 nitrogen and oxygen atoms in total. The van der Waals surface area contributed by atoms with Crippen LogP contribution in [0.3, 0.4) is 0 Å². The molecule has 0 aliphatic heterocycles. The molecule has 0 spiro atoms. The average molecular weight is 782 g/mol. The van der Waals surface area contributed by atoms with Crippen LogP contribution in [0.25, 0.3) is 88.3 Å². The van der Waals surface area contributed by atoms with Crippen LogP contribution in [-0.4, -0.2) is 9.97 Å². The summed E-state index contributed by atoms with van der Waals surface area (Å²) in [5.41, 5.74) is 15.9. The lowest BCUT2D eigenvalue weighted by atomic mass is 9.82. The minimum atomic E-state index is -0.178. The summed E-state index contributed by atoms with van der Waals surface area (Å²) in [4.78, 5) is 13.2. The summed E-state index contributed by atoms with van der Waals surface area (Å²) in [5, 5.41) is 5.43. The molecule has 0 N–H and O–H groups in total. The Bertz CT molecular complexity index is 3500. The van der Waals surface area contributed by atoms with Gasteiger partial charge in [0.05, 0.1) is 11.2 Å². The Labute approximate surface area is 354 Å². The van der Waals surface area contributed by atoms with E-state index in [1.165, 1.54) is 33.2 Å². The van der Waals surface area contributed by atoms with Crippen molar-refractivity contribution in [3.8, 4) is 44.6 Å². The van der Waals surface area contributed by atoms with Gasteiger partial charge in [-0.1, -0.05) is 159 Å². The lowest BCUT2D eigenvalue weighted by molar-refractivity contribution is 0.660. The van der Waals surface area contributed by atoms with Crippen LogP contribution in [0.1, 0.15) is 25.0 Å². The van der Waals surface area contributed by atoms with Crippen LogP contribution in [0.15, 0.2) is 205 Å². The van der Waals surface area contributed by atoms with Gasteiger partial charge >= 0.3 is 0 Å². The highest BCUT2D eigenvalue weighted by Crippen LogP contribution is 2.51. The molecule has 2 heterocycles. The van der Waals surface area contributed by atoms with Gasteiger partial charge in [-0.05, 0) is 104 Å². The second-order valence-electron chi connectivity index (χ2n) is 16.6. The third kappa shape index (κ3) is 5.67. The number of nitrogens with zero attached hydrogens (tertiary/aromatic N) is 3. The average Bonchev–Trinajstić information content (AvgIpc) is 3.79. The topological polar surface area (TPSA) is 42.2 Å². The molecule has 0 atom stereocenters. The van der Waals surface area contributed by atoms with Crippen molar-refractivity contribution in [1.82, 2.24) is 9.97 Å². The molecule has 0 saturated carbocycles. The van der Waals surface area contributed by atoms with Gasteiger partial charge in [0.1, 0.15) is 11.2 Å². The van der Waals surface area contributed by atoms with Gasteiger partial charge in [-0.25, -0.2) is 9.97 Å². The van der Waals surface area contributed by atoms with E-state index in [1.54, 1.807) is 0 Å². The van der Waals surface area contributed by atoms with E-state index in [1.807, 2.05) is 0 Å². The van der Waals surface area contributed by atoms with Gasteiger partial charge in [0.25, 0.3) is 0 Å². The van der Waals surface area contributed by atoms with Crippen molar-refractivity contribution < 1.29 is 4.42 Å². The summed E-state index contributed by atoms with van der Waals surface area (Å²) in [6.07, 6.45) is 0. The SMILES string of the molecule is CC1(C)c2ccccc2-c2ccc(N(c3ccc(-c4ccccc4)cc3)c3nc(-c4cc(-c5ccccc5)c5oc6cc7ccccc7cc6c5c4)c4ccccc4n3)cc21. The highest BCUT2D eigenvalue weighted by molar-refractivity contribution is 6.15. The molecule has 0 unspecified atom stereocenters. The molecule has 1 aliphatic rings. The van der Waals surface area contributed by atoms with Crippen molar-refractivity contribution in [1.29, 1.82) is 0 Å². The minimum absolute atomic E-state index is 0.178. The Balaban J connectivity index is 1.10. The van der Waals surface area contributed by atoms with Gasteiger partial charge in [0.2, 0.25) is 5.95 Å². The summed E-state index contributed by atoms with van der Waals surface area (Å²) in [6.45, 7) is 4.65. The van der Waals surface area contributed by atoms with Crippen molar-refractivity contribution in [2.75, 3.05) is 4.90 Å². The molecule has 12 rings (SSSR count). The molecule has 2 aromatic heterocycles. The van der Waals surface area contributed by atoms with Crippen LogP contribution in [0.2, 0.25) is 0 Å². The number of benzene rings is 9. The van der Waals surface area contributed by atoms with Crippen LogP contribution in [0.5, 0.6) is 0 Å². The van der Waals surface area contributed by atoms with E-state index in [9.17, 15) is 0 Å².